The van der Waals surface area contributed by atoms with E-state index in [4.69, 9.17) is 11.6 Å². The average molecular weight is 290 g/mol. The summed E-state index contributed by atoms with van der Waals surface area (Å²) in [5.41, 5.74) is 1.90. The van der Waals surface area contributed by atoms with Crippen LogP contribution in [0.1, 0.15) is 5.56 Å². The first kappa shape index (κ1) is 14.5. The van der Waals surface area contributed by atoms with E-state index in [1.165, 1.54) is 5.56 Å². The molecule has 1 heterocycles. The van der Waals surface area contributed by atoms with E-state index >= 15 is 0 Å². The molecule has 0 unspecified atom stereocenters. The lowest BCUT2D eigenvalue weighted by Crippen LogP contribution is -2.29. The van der Waals surface area contributed by atoms with Crippen LogP contribution in [0.25, 0.3) is 0 Å². The Morgan fingerprint density at radius 2 is 2.00 bits per heavy atom. The quantitative estimate of drug-likeness (QED) is 0.804. The molecular weight excluding hydrogens is 274 g/mol. The molecule has 0 spiro atoms. The minimum atomic E-state index is -0.0815. The van der Waals surface area contributed by atoms with E-state index in [0.717, 1.165) is 13.0 Å². The van der Waals surface area contributed by atoms with E-state index in [9.17, 15) is 4.79 Å². The van der Waals surface area contributed by atoms with Gasteiger partial charge in [0.25, 0.3) is 0 Å². The molecule has 0 radical (unpaired) electrons. The maximum absolute atomic E-state index is 11.7. The second-order valence-corrected chi connectivity index (χ2v) is 4.78. The van der Waals surface area contributed by atoms with Crippen LogP contribution in [0.3, 0.4) is 0 Å². The van der Waals surface area contributed by atoms with Crippen molar-refractivity contribution in [1.29, 1.82) is 0 Å². The van der Waals surface area contributed by atoms with Gasteiger partial charge in [0.1, 0.15) is 0 Å². The molecule has 5 heteroatoms. The minimum absolute atomic E-state index is 0.0815. The molecule has 0 atom stereocenters. The third-order valence-corrected chi connectivity index (χ3v) is 2.97. The normalized spacial score (nSPS) is 10.2. The smallest absolute Gasteiger partial charge is 0.238 e. The molecule has 0 saturated carbocycles. The molecule has 1 aromatic heterocycles. The van der Waals surface area contributed by atoms with Gasteiger partial charge in [0, 0.05) is 23.1 Å². The van der Waals surface area contributed by atoms with Gasteiger partial charge in [0.15, 0.2) is 0 Å². The highest BCUT2D eigenvalue weighted by molar-refractivity contribution is 6.30. The number of anilines is 1. The number of rotatable bonds is 6. The van der Waals surface area contributed by atoms with Gasteiger partial charge in [0.2, 0.25) is 5.91 Å². The molecule has 1 amide bonds. The maximum Gasteiger partial charge on any atom is 0.238 e. The van der Waals surface area contributed by atoms with Crippen LogP contribution in [0.4, 0.5) is 5.69 Å². The Morgan fingerprint density at radius 1 is 1.20 bits per heavy atom. The van der Waals surface area contributed by atoms with Gasteiger partial charge in [-0.25, -0.2) is 0 Å². The van der Waals surface area contributed by atoms with Crippen LogP contribution in [0.2, 0.25) is 5.02 Å². The van der Waals surface area contributed by atoms with Crippen molar-refractivity contribution in [2.45, 2.75) is 6.42 Å². The van der Waals surface area contributed by atoms with Gasteiger partial charge in [-0.2, -0.15) is 0 Å². The molecule has 0 fully saturated rings. The summed E-state index contributed by atoms with van der Waals surface area (Å²) in [6.45, 7) is 1.02. The molecular formula is C15H16ClN3O. The lowest BCUT2D eigenvalue weighted by molar-refractivity contribution is -0.115. The van der Waals surface area contributed by atoms with Crippen molar-refractivity contribution in [2.24, 2.45) is 0 Å². The van der Waals surface area contributed by atoms with Crippen LogP contribution < -0.4 is 10.6 Å². The second-order valence-electron chi connectivity index (χ2n) is 4.34. The van der Waals surface area contributed by atoms with Crippen LogP contribution in [-0.4, -0.2) is 24.0 Å². The van der Waals surface area contributed by atoms with Gasteiger partial charge in [-0.05, 0) is 48.9 Å². The summed E-state index contributed by atoms with van der Waals surface area (Å²) in [7, 11) is 0. The van der Waals surface area contributed by atoms with E-state index in [1.807, 2.05) is 12.1 Å². The largest absolute Gasteiger partial charge is 0.325 e. The van der Waals surface area contributed by atoms with Gasteiger partial charge in [-0.1, -0.05) is 17.7 Å². The highest BCUT2D eigenvalue weighted by Gasteiger charge is 2.02. The highest BCUT2D eigenvalue weighted by atomic mass is 35.5. The molecule has 4 nitrogen and oxygen atoms in total. The Labute approximate surface area is 123 Å². The Hall–Kier alpha value is -1.91. The van der Waals surface area contributed by atoms with Crippen LogP contribution in [0.15, 0.2) is 48.8 Å². The van der Waals surface area contributed by atoms with Crippen molar-refractivity contribution in [3.63, 3.8) is 0 Å². The molecule has 0 aliphatic carbocycles. The number of nitrogens with zero attached hydrogens (tertiary/aromatic N) is 1. The van der Waals surface area contributed by atoms with Gasteiger partial charge in [-0.15, -0.1) is 0 Å². The standard InChI is InChI=1S/C15H16ClN3O/c16-13-2-1-3-14(10-13)19-15(20)11-18-9-6-12-4-7-17-8-5-12/h1-5,7-8,10,18H,6,9,11H2,(H,19,20). The molecule has 2 rings (SSSR count). The first-order valence-electron chi connectivity index (χ1n) is 6.39. The van der Waals surface area contributed by atoms with E-state index in [2.05, 4.69) is 15.6 Å². The number of nitrogens with one attached hydrogen (secondary N) is 2. The Bertz CT molecular complexity index is 560. The zero-order chi connectivity index (χ0) is 14.2. The minimum Gasteiger partial charge on any atom is -0.325 e. The molecule has 0 saturated heterocycles. The topological polar surface area (TPSA) is 54.0 Å². The van der Waals surface area contributed by atoms with Crippen molar-refractivity contribution < 1.29 is 4.79 Å². The van der Waals surface area contributed by atoms with Crippen molar-refractivity contribution in [1.82, 2.24) is 10.3 Å². The van der Waals surface area contributed by atoms with E-state index < -0.39 is 0 Å². The number of carbonyl (C=O) groups excluding carboxylic acids is 1. The summed E-state index contributed by atoms with van der Waals surface area (Å²) in [4.78, 5) is 15.7. The van der Waals surface area contributed by atoms with E-state index in [0.29, 0.717) is 10.7 Å². The lowest BCUT2D eigenvalue weighted by Gasteiger charge is -2.07. The molecule has 1 aromatic carbocycles. The summed E-state index contributed by atoms with van der Waals surface area (Å²) >= 11 is 5.85. The average Bonchev–Trinajstić information content (AvgIpc) is 2.45. The summed E-state index contributed by atoms with van der Waals surface area (Å²) < 4.78 is 0. The summed E-state index contributed by atoms with van der Waals surface area (Å²) in [5, 5.41) is 6.49. The summed E-state index contributed by atoms with van der Waals surface area (Å²) in [5.74, 6) is -0.0815. The number of pyridine rings is 1. The molecule has 0 bridgehead atoms. The van der Waals surface area contributed by atoms with Gasteiger partial charge >= 0.3 is 0 Å². The number of carbonyl (C=O) groups is 1. The number of halogens is 1. The summed E-state index contributed by atoms with van der Waals surface area (Å²) in [6, 6.07) is 11.0. The third-order valence-electron chi connectivity index (χ3n) is 2.73. The Balaban J connectivity index is 1.68. The molecule has 2 aromatic rings. The van der Waals surface area contributed by atoms with Crippen molar-refractivity contribution >= 4 is 23.2 Å². The fraction of sp³-hybridized carbons (Fsp3) is 0.200. The van der Waals surface area contributed by atoms with Crippen molar-refractivity contribution in [3.05, 3.63) is 59.4 Å². The number of hydrogen-bond acceptors (Lipinski definition) is 3. The number of benzene rings is 1. The molecule has 0 aliphatic heterocycles. The number of amides is 1. The second kappa shape index (κ2) is 7.62. The molecule has 2 N–H and O–H groups in total. The molecule has 0 aliphatic rings. The summed E-state index contributed by atoms with van der Waals surface area (Å²) in [6.07, 6.45) is 4.40. The molecule has 20 heavy (non-hydrogen) atoms. The van der Waals surface area contributed by atoms with Gasteiger partial charge in [-0.3, -0.25) is 9.78 Å². The highest BCUT2D eigenvalue weighted by Crippen LogP contribution is 2.14. The first-order valence-corrected chi connectivity index (χ1v) is 6.77. The van der Waals surface area contributed by atoms with Crippen molar-refractivity contribution in [2.75, 3.05) is 18.4 Å². The van der Waals surface area contributed by atoms with Gasteiger partial charge < -0.3 is 10.6 Å². The molecule has 104 valence electrons. The van der Waals surface area contributed by atoms with Crippen molar-refractivity contribution in [3.8, 4) is 0 Å². The predicted octanol–water partition coefficient (Wildman–Crippen LogP) is 2.51. The van der Waals surface area contributed by atoms with E-state index in [-0.39, 0.29) is 12.5 Å². The zero-order valence-corrected chi connectivity index (χ0v) is 11.7. The number of aromatic nitrogens is 1. The zero-order valence-electron chi connectivity index (χ0n) is 11.0. The Kier molecular flexibility index (Phi) is 5.53. The Morgan fingerprint density at radius 3 is 2.75 bits per heavy atom. The first-order chi connectivity index (χ1) is 9.74. The monoisotopic (exact) mass is 289 g/mol. The van der Waals surface area contributed by atoms with Crippen LogP contribution in [-0.2, 0) is 11.2 Å². The number of hydrogen-bond donors (Lipinski definition) is 2. The maximum atomic E-state index is 11.7. The van der Waals surface area contributed by atoms with Gasteiger partial charge in [0.05, 0.1) is 6.54 Å². The van der Waals surface area contributed by atoms with E-state index in [1.54, 1.807) is 36.7 Å². The fourth-order valence-electron chi connectivity index (χ4n) is 1.76. The SMILES string of the molecule is O=C(CNCCc1ccncc1)Nc1cccc(Cl)c1. The third kappa shape index (κ3) is 4.99. The van der Waals surface area contributed by atoms with Crippen LogP contribution in [0.5, 0.6) is 0 Å². The van der Waals surface area contributed by atoms with Crippen LogP contribution >= 0.6 is 11.6 Å². The lowest BCUT2D eigenvalue weighted by atomic mass is 10.2. The fourth-order valence-corrected chi connectivity index (χ4v) is 1.95. The van der Waals surface area contributed by atoms with Crippen LogP contribution in [0, 0.1) is 0 Å². The predicted molar refractivity (Wildman–Crippen MR) is 80.9 cm³/mol.